The molecular weight excluding hydrogens is 336 g/mol. The van der Waals surface area contributed by atoms with E-state index in [1.807, 2.05) is 26.0 Å². The van der Waals surface area contributed by atoms with Gasteiger partial charge in [-0.25, -0.2) is 0 Å². The maximum atomic E-state index is 12.5. The number of amides is 1. The summed E-state index contributed by atoms with van der Waals surface area (Å²) >= 11 is 0. The molecule has 7 nitrogen and oxygen atoms in total. The second kappa shape index (κ2) is 8.70. The van der Waals surface area contributed by atoms with Crippen molar-refractivity contribution in [1.82, 2.24) is 4.90 Å². The first kappa shape index (κ1) is 18.9. The number of ether oxygens (including phenoxy) is 4. The Hall–Kier alpha value is -1.83. The first-order chi connectivity index (χ1) is 12.6. The summed E-state index contributed by atoms with van der Waals surface area (Å²) in [6.45, 7) is 8.17. The van der Waals surface area contributed by atoms with Gasteiger partial charge in [0.25, 0.3) is 0 Å². The molecule has 0 unspecified atom stereocenters. The van der Waals surface area contributed by atoms with Crippen molar-refractivity contribution in [3.8, 4) is 11.5 Å². The van der Waals surface area contributed by atoms with Gasteiger partial charge in [-0.2, -0.15) is 0 Å². The molecule has 0 radical (unpaired) electrons. The molecule has 0 bridgehead atoms. The largest absolute Gasteiger partial charge is 0.494 e. The SMILES string of the molecule is CCOc1ccc(OCC)c(NC(=O)CN2CCC3(CC2)OCCO3)c1. The molecule has 1 amide bonds. The van der Waals surface area contributed by atoms with Crippen LogP contribution in [0.4, 0.5) is 5.69 Å². The average Bonchev–Trinajstić information content (AvgIpc) is 3.08. The minimum absolute atomic E-state index is 0.0659. The number of anilines is 1. The van der Waals surface area contributed by atoms with E-state index in [0.717, 1.165) is 25.9 Å². The highest BCUT2D eigenvalue weighted by Gasteiger charge is 2.39. The van der Waals surface area contributed by atoms with Crippen LogP contribution in [0.15, 0.2) is 18.2 Å². The van der Waals surface area contributed by atoms with Crippen molar-refractivity contribution in [3.63, 3.8) is 0 Å². The van der Waals surface area contributed by atoms with Crippen LogP contribution in [0.25, 0.3) is 0 Å². The van der Waals surface area contributed by atoms with Crippen LogP contribution in [0.5, 0.6) is 11.5 Å². The van der Waals surface area contributed by atoms with E-state index in [1.54, 1.807) is 6.07 Å². The van der Waals surface area contributed by atoms with Gasteiger partial charge in [-0.05, 0) is 26.0 Å². The van der Waals surface area contributed by atoms with Gasteiger partial charge in [-0.15, -0.1) is 0 Å². The van der Waals surface area contributed by atoms with E-state index >= 15 is 0 Å². The number of hydrogen-bond donors (Lipinski definition) is 1. The Bertz CT molecular complexity index is 606. The Morgan fingerprint density at radius 1 is 1.15 bits per heavy atom. The highest BCUT2D eigenvalue weighted by Crippen LogP contribution is 2.32. The van der Waals surface area contributed by atoms with Crippen LogP contribution in [0, 0.1) is 0 Å². The lowest BCUT2D eigenvalue weighted by atomic mass is 10.0. The molecule has 1 aromatic carbocycles. The zero-order valence-corrected chi connectivity index (χ0v) is 15.6. The van der Waals surface area contributed by atoms with Crippen LogP contribution in [0.1, 0.15) is 26.7 Å². The van der Waals surface area contributed by atoms with Gasteiger partial charge < -0.3 is 24.3 Å². The summed E-state index contributed by atoms with van der Waals surface area (Å²) in [5, 5.41) is 2.95. The third kappa shape index (κ3) is 4.66. The molecule has 2 heterocycles. The lowest BCUT2D eigenvalue weighted by molar-refractivity contribution is -0.185. The zero-order valence-electron chi connectivity index (χ0n) is 15.6. The zero-order chi connectivity index (χ0) is 18.4. The van der Waals surface area contributed by atoms with Crippen LogP contribution < -0.4 is 14.8 Å². The van der Waals surface area contributed by atoms with Gasteiger partial charge in [0.05, 0.1) is 38.7 Å². The predicted octanol–water partition coefficient (Wildman–Crippen LogP) is 2.26. The average molecular weight is 364 g/mol. The maximum Gasteiger partial charge on any atom is 0.238 e. The summed E-state index contributed by atoms with van der Waals surface area (Å²) in [5.41, 5.74) is 0.638. The Morgan fingerprint density at radius 3 is 2.50 bits per heavy atom. The molecule has 0 aromatic heterocycles. The number of likely N-dealkylation sites (tertiary alicyclic amines) is 1. The van der Waals surface area contributed by atoms with Crippen LogP contribution in [-0.2, 0) is 14.3 Å². The maximum absolute atomic E-state index is 12.5. The number of benzene rings is 1. The molecule has 144 valence electrons. The van der Waals surface area contributed by atoms with Crippen molar-refractivity contribution >= 4 is 11.6 Å². The molecule has 7 heteroatoms. The first-order valence-corrected chi connectivity index (χ1v) is 9.34. The fourth-order valence-corrected chi connectivity index (χ4v) is 3.37. The molecule has 0 atom stereocenters. The van der Waals surface area contributed by atoms with Crippen molar-refractivity contribution in [2.45, 2.75) is 32.5 Å². The lowest BCUT2D eigenvalue weighted by Gasteiger charge is -2.37. The Labute approximate surface area is 154 Å². The molecule has 1 spiro atoms. The molecule has 26 heavy (non-hydrogen) atoms. The van der Waals surface area contributed by atoms with E-state index in [2.05, 4.69) is 10.2 Å². The summed E-state index contributed by atoms with van der Waals surface area (Å²) < 4.78 is 22.6. The Kier molecular flexibility index (Phi) is 6.34. The molecule has 1 aromatic rings. The van der Waals surface area contributed by atoms with Gasteiger partial charge in [0, 0.05) is 32.0 Å². The second-order valence-electron chi connectivity index (χ2n) is 6.46. The molecule has 2 aliphatic rings. The van der Waals surface area contributed by atoms with Crippen LogP contribution >= 0.6 is 0 Å². The van der Waals surface area contributed by atoms with Crippen LogP contribution in [-0.4, -0.2) is 62.7 Å². The van der Waals surface area contributed by atoms with Crippen LogP contribution in [0.2, 0.25) is 0 Å². The fraction of sp³-hybridized carbons (Fsp3) is 0.632. The number of carbonyl (C=O) groups excluding carboxylic acids is 1. The smallest absolute Gasteiger partial charge is 0.238 e. The van der Waals surface area contributed by atoms with E-state index in [-0.39, 0.29) is 5.91 Å². The minimum atomic E-state index is -0.416. The molecule has 2 aliphatic heterocycles. The molecule has 0 saturated carbocycles. The van der Waals surface area contributed by atoms with Gasteiger partial charge in [0.2, 0.25) is 5.91 Å². The summed E-state index contributed by atoms with van der Waals surface area (Å²) in [5.74, 6) is 0.876. The Morgan fingerprint density at radius 2 is 1.85 bits per heavy atom. The lowest BCUT2D eigenvalue weighted by Crippen LogP contribution is -2.47. The number of nitrogens with zero attached hydrogens (tertiary/aromatic N) is 1. The van der Waals surface area contributed by atoms with Crippen molar-refractivity contribution < 1.29 is 23.7 Å². The number of piperidine rings is 1. The standard InChI is InChI=1S/C19H28N2O5/c1-3-23-15-5-6-17(24-4-2)16(13-15)20-18(22)14-21-9-7-19(8-10-21)25-11-12-26-19/h5-6,13H,3-4,7-12,14H2,1-2H3,(H,20,22). The van der Waals surface area contributed by atoms with E-state index in [1.165, 1.54) is 0 Å². The topological polar surface area (TPSA) is 69.3 Å². The second-order valence-corrected chi connectivity index (χ2v) is 6.46. The summed E-state index contributed by atoms with van der Waals surface area (Å²) in [4.78, 5) is 14.6. The minimum Gasteiger partial charge on any atom is -0.494 e. The van der Waals surface area contributed by atoms with E-state index < -0.39 is 5.79 Å². The predicted molar refractivity (Wildman–Crippen MR) is 97.7 cm³/mol. The number of rotatable bonds is 7. The summed E-state index contributed by atoms with van der Waals surface area (Å²) in [6.07, 6.45) is 1.59. The van der Waals surface area contributed by atoms with Gasteiger partial charge in [0.15, 0.2) is 5.79 Å². The summed E-state index contributed by atoms with van der Waals surface area (Å²) in [6, 6.07) is 5.47. The highest BCUT2D eigenvalue weighted by atomic mass is 16.7. The number of nitrogens with one attached hydrogen (secondary N) is 1. The van der Waals surface area contributed by atoms with E-state index in [4.69, 9.17) is 18.9 Å². The molecule has 1 N–H and O–H groups in total. The molecule has 2 saturated heterocycles. The van der Waals surface area contributed by atoms with Crippen molar-refractivity contribution in [2.24, 2.45) is 0 Å². The molecule has 0 aliphatic carbocycles. The van der Waals surface area contributed by atoms with Gasteiger partial charge >= 0.3 is 0 Å². The van der Waals surface area contributed by atoms with Crippen LogP contribution in [0.3, 0.4) is 0 Å². The third-order valence-corrected chi connectivity index (χ3v) is 4.63. The number of carbonyl (C=O) groups is 1. The monoisotopic (exact) mass is 364 g/mol. The van der Waals surface area contributed by atoms with Crippen molar-refractivity contribution in [3.05, 3.63) is 18.2 Å². The van der Waals surface area contributed by atoms with E-state index in [0.29, 0.717) is 50.2 Å². The normalized spacial score (nSPS) is 19.5. The molecule has 2 fully saturated rings. The first-order valence-electron chi connectivity index (χ1n) is 9.34. The van der Waals surface area contributed by atoms with Gasteiger partial charge in [-0.3, -0.25) is 9.69 Å². The quantitative estimate of drug-likeness (QED) is 0.800. The Balaban J connectivity index is 1.56. The van der Waals surface area contributed by atoms with Gasteiger partial charge in [-0.1, -0.05) is 0 Å². The van der Waals surface area contributed by atoms with E-state index in [9.17, 15) is 4.79 Å². The molecular formula is C19H28N2O5. The fourth-order valence-electron chi connectivity index (χ4n) is 3.37. The highest BCUT2D eigenvalue weighted by molar-refractivity contribution is 5.94. The molecule has 3 rings (SSSR count). The third-order valence-electron chi connectivity index (χ3n) is 4.63. The summed E-state index contributed by atoms with van der Waals surface area (Å²) in [7, 11) is 0. The van der Waals surface area contributed by atoms with Crippen molar-refractivity contribution in [2.75, 3.05) is 51.4 Å². The van der Waals surface area contributed by atoms with Crippen molar-refractivity contribution in [1.29, 1.82) is 0 Å². The number of hydrogen-bond acceptors (Lipinski definition) is 6. The van der Waals surface area contributed by atoms with Gasteiger partial charge in [0.1, 0.15) is 11.5 Å².